The van der Waals surface area contributed by atoms with Gasteiger partial charge in [0.1, 0.15) is 5.82 Å². The van der Waals surface area contributed by atoms with Gasteiger partial charge in [-0.05, 0) is 19.1 Å². The molecule has 0 aliphatic carbocycles. The largest absolute Gasteiger partial charge is 0.450 e. The van der Waals surface area contributed by atoms with Crippen molar-refractivity contribution in [1.29, 1.82) is 0 Å². The van der Waals surface area contributed by atoms with Crippen molar-refractivity contribution >= 4 is 35.1 Å². The number of benzene rings is 1. The minimum atomic E-state index is -1.09. The lowest BCUT2D eigenvalue weighted by atomic mass is 10.1. The van der Waals surface area contributed by atoms with Crippen molar-refractivity contribution in [3.05, 3.63) is 58.7 Å². The molecule has 23 heavy (non-hydrogen) atoms. The van der Waals surface area contributed by atoms with E-state index in [2.05, 4.69) is 10.3 Å². The fourth-order valence-corrected chi connectivity index (χ4v) is 1.76. The van der Waals surface area contributed by atoms with Crippen LogP contribution in [-0.4, -0.2) is 29.3 Å². The summed E-state index contributed by atoms with van der Waals surface area (Å²) in [6.07, 6.45) is 1.37. The number of Topliss-reactive ketones (excluding diaryl/α,β-unsaturated/α-hetero) is 1. The van der Waals surface area contributed by atoms with Crippen LogP contribution in [0, 0.1) is 6.92 Å². The second kappa shape index (κ2) is 7.51. The highest BCUT2D eigenvalue weighted by molar-refractivity contribution is 6.40. The van der Waals surface area contributed by atoms with Gasteiger partial charge in [0.25, 0.3) is 11.7 Å². The average Bonchev–Trinajstić information content (AvgIpc) is 2.55. The first-order valence-electron chi connectivity index (χ1n) is 6.65. The number of nitrogens with one attached hydrogen (secondary N) is 1. The summed E-state index contributed by atoms with van der Waals surface area (Å²) >= 11 is 5.67. The highest BCUT2D eigenvalue weighted by atomic mass is 35.5. The van der Waals surface area contributed by atoms with E-state index in [-0.39, 0.29) is 11.4 Å². The van der Waals surface area contributed by atoms with Crippen LogP contribution in [0.25, 0.3) is 0 Å². The topological polar surface area (TPSA) is 85.4 Å². The van der Waals surface area contributed by atoms with E-state index >= 15 is 0 Å². The molecule has 2 rings (SSSR count). The third-order valence-electron chi connectivity index (χ3n) is 2.83. The van der Waals surface area contributed by atoms with E-state index in [9.17, 15) is 14.4 Å². The molecule has 1 heterocycles. The summed E-state index contributed by atoms with van der Waals surface area (Å²) in [5.74, 6) is -2.24. The summed E-state index contributed by atoms with van der Waals surface area (Å²) in [4.78, 5) is 39.0. The Hall–Kier alpha value is -2.73. The fourth-order valence-electron chi connectivity index (χ4n) is 1.65. The second-order valence-electron chi connectivity index (χ2n) is 4.68. The standard InChI is InChI=1S/C16H13ClN2O4/c1-10-2-4-11(5-3-10)15(21)16(22)23-9-14(20)19-13-7-6-12(17)8-18-13/h2-8H,9H2,1H3,(H,18,19,20). The molecule has 1 N–H and O–H groups in total. The summed E-state index contributed by atoms with van der Waals surface area (Å²) in [5.41, 5.74) is 1.17. The number of amides is 1. The number of carbonyl (C=O) groups is 3. The monoisotopic (exact) mass is 332 g/mol. The molecule has 1 amide bonds. The van der Waals surface area contributed by atoms with Crippen LogP contribution in [0.1, 0.15) is 15.9 Å². The quantitative estimate of drug-likeness (QED) is 0.516. The molecule has 0 aliphatic heterocycles. The van der Waals surface area contributed by atoms with Crippen molar-refractivity contribution in [2.45, 2.75) is 6.92 Å². The van der Waals surface area contributed by atoms with Crippen LogP contribution in [0.4, 0.5) is 5.82 Å². The summed E-state index contributed by atoms with van der Waals surface area (Å²) in [6.45, 7) is 1.28. The predicted molar refractivity (Wildman–Crippen MR) is 84.3 cm³/mol. The first-order chi connectivity index (χ1) is 11.0. The van der Waals surface area contributed by atoms with E-state index in [1.54, 1.807) is 18.2 Å². The van der Waals surface area contributed by atoms with Crippen LogP contribution < -0.4 is 5.32 Å². The van der Waals surface area contributed by atoms with Gasteiger partial charge in [0.15, 0.2) is 6.61 Å². The van der Waals surface area contributed by atoms with Gasteiger partial charge in [-0.2, -0.15) is 0 Å². The number of halogens is 1. The van der Waals surface area contributed by atoms with Gasteiger partial charge in [-0.3, -0.25) is 9.59 Å². The normalized spacial score (nSPS) is 10.0. The summed E-state index contributed by atoms with van der Waals surface area (Å²) in [7, 11) is 0. The number of hydrogen-bond acceptors (Lipinski definition) is 5. The van der Waals surface area contributed by atoms with E-state index in [0.717, 1.165) is 5.56 Å². The lowest BCUT2D eigenvalue weighted by molar-refractivity contribution is -0.142. The zero-order valence-corrected chi connectivity index (χ0v) is 13.0. The Bertz CT molecular complexity index is 727. The number of rotatable bonds is 5. The summed E-state index contributed by atoms with van der Waals surface area (Å²) < 4.78 is 4.69. The highest BCUT2D eigenvalue weighted by Gasteiger charge is 2.19. The Morgan fingerprint density at radius 3 is 2.43 bits per heavy atom. The second-order valence-corrected chi connectivity index (χ2v) is 5.12. The highest BCUT2D eigenvalue weighted by Crippen LogP contribution is 2.09. The number of pyridine rings is 1. The number of anilines is 1. The molecule has 118 valence electrons. The molecule has 0 fully saturated rings. The van der Waals surface area contributed by atoms with Crippen molar-refractivity contribution in [3.8, 4) is 0 Å². The molecule has 7 heteroatoms. The molecule has 0 spiro atoms. The number of aryl methyl sites for hydroxylation is 1. The Labute approximate surface area is 137 Å². The molecule has 0 bridgehead atoms. The maximum absolute atomic E-state index is 11.8. The van der Waals surface area contributed by atoms with Gasteiger partial charge >= 0.3 is 5.97 Å². The number of esters is 1. The van der Waals surface area contributed by atoms with E-state index in [4.69, 9.17) is 16.3 Å². The first kappa shape index (κ1) is 16.6. The number of aromatic nitrogens is 1. The Balaban J connectivity index is 1.85. The Morgan fingerprint density at radius 2 is 1.83 bits per heavy atom. The van der Waals surface area contributed by atoms with Crippen molar-refractivity contribution in [2.75, 3.05) is 11.9 Å². The van der Waals surface area contributed by atoms with Crippen molar-refractivity contribution in [3.63, 3.8) is 0 Å². The Kier molecular flexibility index (Phi) is 5.43. The molecule has 0 aliphatic rings. The van der Waals surface area contributed by atoms with Crippen molar-refractivity contribution in [2.24, 2.45) is 0 Å². The molecule has 0 saturated carbocycles. The smallest absolute Gasteiger partial charge is 0.380 e. The van der Waals surface area contributed by atoms with E-state index in [1.165, 1.54) is 24.4 Å². The molecular formula is C16H13ClN2O4. The molecule has 2 aromatic rings. The number of carbonyl (C=O) groups excluding carboxylic acids is 3. The molecule has 1 aromatic carbocycles. The van der Waals surface area contributed by atoms with Crippen LogP contribution in [0.5, 0.6) is 0 Å². The molecule has 6 nitrogen and oxygen atoms in total. The first-order valence-corrected chi connectivity index (χ1v) is 7.03. The van der Waals surface area contributed by atoms with Gasteiger partial charge in [-0.15, -0.1) is 0 Å². The van der Waals surface area contributed by atoms with Gasteiger partial charge in [-0.25, -0.2) is 9.78 Å². The number of hydrogen-bond donors (Lipinski definition) is 1. The lowest BCUT2D eigenvalue weighted by Crippen LogP contribution is -2.25. The van der Waals surface area contributed by atoms with Crippen LogP contribution in [0.3, 0.4) is 0 Å². The minimum Gasteiger partial charge on any atom is -0.450 e. The average molecular weight is 333 g/mol. The number of nitrogens with zero attached hydrogens (tertiary/aromatic N) is 1. The molecular weight excluding hydrogens is 320 g/mol. The SMILES string of the molecule is Cc1ccc(C(=O)C(=O)OCC(=O)Nc2ccc(Cl)cn2)cc1. The molecule has 0 radical (unpaired) electrons. The van der Waals surface area contributed by atoms with E-state index in [0.29, 0.717) is 5.02 Å². The summed E-state index contributed by atoms with van der Waals surface area (Å²) in [6, 6.07) is 9.52. The zero-order valence-electron chi connectivity index (χ0n) is 12.2. The molecule has 0 unspecified atom stereocenters. The van der Waals surface area contributed by atoms with Crippen LogP contribution >= 0.6 is 11.6 Å². The molecule has 0 saturated heterocycles. The minimum absolute atomic E-state index is 0.209. The van der Waals surface area contributed by atoms with Crippen LogP contribution in [0.2, 0.25) is 5.02 Å². The lowest BCUT2D eigenvalue weighted by Gasteiger charge is -2.06. The molecule has 1 aromatic heterocycles. The van der Waals surface area contributed by atoms with Gasteiger partial charge in [-0.1, -0.05) is 41.4 Å². The third-order valence-corrected chi connectivity index (χ3v) is 3.05. The van der Waals surface area contributed by atoms with Gasteiger partial charge in [0, 0.05) is 11.8 Å². The van der Waals surface area contributed by atoms with Crippen molar-refractivity contribution in [1.82, 2.24) is 4.98 Å². The van der Waals surface area contributed by atoms with E-state index in [1.807, 2.05) is 6.92 Å². The number of ether oxygens (including phenoxy) is 1. The predicted octanol–water partition coefficient (Wildman–Crippen LogP) is 2.41. The van der Waals surface area contributed by atoms with Gasteiger partial charge in [0.2, 0.25) is 0 Å². The van der Waals surface area contributed by atoms with Crippen LogP contribution in [-0.2, 0) is 14.3 Å². The number of ketones is 1. The molecule has 0 atom stereocenters. The van der Waals surface area contributed by atoms with E-state index < -0.39 is 24.3 Å². The van der Waals surface area contributed by atoms with Crippen LogP contribution in [0.15, 0.2) is 42.6 Å². The maximum atomic E-state index is 11.8. The zero-order chi connectivity index (χ0) is 16.8. The summed E-state index contributed by atoms with van der Waals surface area (Å²) in [5, 5.41) is 2.84. The third kappa shape index (κ3) is 4.89. The Morgan fingerprint density at radius 1 is 1.13 bits per heavy atom. The van der Waals surface area contributed by atoms with Crippen molar-refractivity contribution < 1.29 is 19.1 Å². The van der Waals surface area contributed by atoms with Gasteiger partial charge < -0.3 is 10.1 Å². The van der Waals surface area contributed by atoms with Gasteiger partial charge in [0.05, 0.1) is 5.02 Å². The maximum Gasteiger partial charge on any atom is 0.380 e. The fraction of sp³-hybridized carbons (Fsp3) is 0.125.